The van der Waals surface area contributed by atoms with Crippen molar-refractivity contribution in [3.63, 3.8) is 0 Å². The van der Waals surface area contributed by atoms with Crippen molar-refractivity contribution < 1.29 is 19.1 Å². The normalized spacial score (nSPS) is 15.9. The molecule has 42 heavy (non-hydrogen) atoms. The van der Waals surface area contributed by atoms with E-state index in [1.807, 2.05) is 12.1 Å². The lowest BCUT2D eigenvalue weighted by Gasteiger charge is -2.40. The minimum Gasteiger partial charge on any atom is -0.494 e. The molecule has 12 heteroatoms. The molecule has 5 rings (SSSR count). The first-order valence-corrected chi connectivity index (χ1v) is 14.0. The Balaban J connectivity index is 1.18. The summed E-state index contributed by atoms with van der Waals surface area (Å²) in [5.74, 6) is 0.943. The predicted octanol–water partition coefficient (Wildman–Crippen LogP) is 4.30. The lowest BCUT2D eigenvalue weighted by atomic mass is 10.0. The molecule has 220 valence electrons. The number of carbonyl (C=O) groups excluding carboxylic acids is 2. The molecule has 12 nitrogen and oxygen atoms in total. The molecule has 2 aromatic carbocycles. The smallest absolute Gasteiger partial charge is 0.324 e. The fourth-order valence-electron chi connectivity index (χ4n) is 5.17. The molecule has 3 heterocycles. The Morgan fingerprint density at radius 3 is 2.50 bits per heavy atom. The van der Waals surface area contributed by atoms with Gasteiger partial charge in [-0.3, -0.25) is 15.0 Å². The summed E-state index contributed by atoms with van der Waals surface area (Å²) in [6, 6.07) is 14.5. The van der Waals surface area contributed by atoms with Crippen LogP contribution < -0.4 is 30.9 Å². The first-order valence-electron chi connectivity index (χ1n) is 14.0. The number of nitrogens with one attached hydrogen (secondary N) is 4. The molecule has 0 aliphatic carbocycles. The number of carbonyl (C=O) groups is 2. The molecule has 4 N–H and O–H groups in total. The van der Waals surface area contributed by atoms with Gasteiger partial charge in [0.15, 0.2) is 0 Å². The van der Waals surface area contributed by atoms with Gasteiger partial charge in [0, 0.05) is 61.5 Å². The van der Waals surface area contributed by atoms with E-state index in [0.29, 0.717) is 40.6 Å². The monoisotopic (exact) mass is 572 g/mol. The topological polar surface area (TPSA) is 133 Å². The van der Waals surface area contributed by atoms with Crippen LogP contribution in [-0.4, -0.2) is 79.4 Å². The zero-order valence-corrected chi connectivity index (χ0v) is 23.6. The Hall–Kier alpha value is -4.68. The van der Waals surface area contributed by atoms with Crippen LogP contribution in [0.4, 0.5) is 39.3 Å². The molecule has 2 saturated heterocycles. The van der Waals surface area contributed by atoms with Gasteiger partial charge in [0.25, 0.3) is 0 Å². The Kier molecular flexibility index (Phi) is 9.47. The third-order valence-corrected chi connectivity index (χ3v) is 7.29. The molecule has 0 spiro atoms. The van der Waals surface area contributed by atoms with Crippen molar-refractivity contribution in [1.29, 1.82) is 0 Å². The van der Waals surface area contributed by atoms with Crippen molar-refractivity contribution >= 4 is 46.5 Å². The fraction of sp³-hybridized carbons (Fsp3) is 0.333. The summed E-state index contributed by atoms with van der Waals surface area (Å²) in [5, 5.41) is 11.3. The predicted molar refractivity (Wildman–Crippen MR) is 164 cm³/mol. The van der Waals surface area contributed by atoms with E-state index in [-0.39, 0.29) is 5.91 Å². The van der Waals surface area contributed by atoms with Gasteiger partial charge >= 0.3 is 6.03 Å². The molecule has 2 fully saturated rings. The summed E-state index contributed by atoms with van der Waals surface area (Å²) < 4.78 is 11.2. The van der Waals surface area contributed by atoms with Crippen LogP contribution in [-0.2, 0) is 9.53 Å². The first kappa shape index (κ1) is 28.8. The number of amides is 3. The van der Waals surface area contributed by atoms with E-state index in [1.54, 1.807) is 43.6 Å². The van der Waals surface area contributed by atoms with Crippen molar-refractivity contribution in [3.05, 3.63) is 67.4 Å². The number of aromatic nitrogens is 2. The third kappa shape index (κ3) is 7.53. The molecule has 3 aromatic rings. The quantitative estimate of drug-likeness (QED) is 0.277. The number of piperidine rings is 1. The molecule has 2 aliphatic heterocycles. The standard InChI is InChI=1S/C30H36N8O4/c1-3-28(39)32-21-5-4-6-22(19-21)33-30(40)36-27-9-12-31-29(35-27)34-25-8-7-24(20-26(25)41-2)37-13-10-23(11-14-37)38-15-17-42-18-16-38/h3-9,12,19-20,23H,1,10-11,13-18H2,2H3,(H,32,39)(H3,31,33,34,35,36,40). The zero-order valence-electron chi connectivity index (χ0n) is 23.6. The highest BCUT2D eigenvalue weighted by Gasteiger charge is 2.26. The summed E-state index contributed by atoms with van der Waals surface area (Å²) in [6.45, 7) is 9.11. The van der Waals surface area contributed by atoms with E-state index in [2.05, 4.69) is 53.7 Å². The number of ether oxygens (including phenoxy) is 2. The van der Waals surface area contributed by atoms with Gasteiger partial charge in [0.1, 0.15) is 11.6 Å². The van der Waals surface area contributed by atoms with Crippen molar-refractivity contribution in [2.24, 2.45) is 0 Å². The molecule has 0 saturated carbocycles. The van der Waals surface area contributed by atoms with E-state index in [1.165, 1.54) is 6.08 Å². The highest BCUT2D eigenvalue weighted by molar-refractivity contribution is 6.01. The van der Waals surface area contributed by atoms with Gasteiger partial charge in [-0.2, -0.15) is 4.98 Å². The number of benzene rings is 2. The number of methoxy groups -OCH3 is 1. The SMILES string of the molecule is C=CC(=O)Nc1cccc(NC(=O)Nc2ccnc(Nc3ccc(N4CCC(N5CCOCC5)CC4)cc3OC)n2)c1. The van der Waals surface area contributed by atoms with Crippen LogP contribution in [0.25, 0.3) is 0 Å². The number of morpholine rings is 1. The maximum absolute atomic E-state index is 12.6. The maximum atomic E-state index is 12.6. The van der Waals surface area contributed by atoms with Crippen molar-refractivity contribution in [1.82, 2.24) is 14.9 Å². The van der Waals surface area contributed by atoms with E-state index >= 15 is 0 Å². The van der Waals surface area contributed by atoms with Crippen LogP contribution >= 0.6 is 0 Å². The van der Waals surface area contributed by atoms with E-state index in [9.17, 15) is 9.59 Å². The second-order valence-electron chi connectivity index (χ2n) is 9.99. The lowest BCUT2D eigenvalue weighted by Crippen LogP contribution is -2.49. The molecule has 3 amide bonds. The highest BCUT2D eigenvalue weighted by Crippen LogP contribution is 2.33. The summed E-state index contributed by atoms with van der Waals surface area (Å²) in [6.07, 6.45) is 4.98. The van der Waals surface area contributed by atoms with Crippen molar-refractivity contribution in [2.75, 3.05) is 72.7 Å². The molecule has 2 aliphatic rings. The van der Waals surface area contributed by atoms with Crippen LogP contribution in [0, 0.1) is 0 Å². The van der Waals surface area contributed by atoms with E-state index < -0.39 is 6.03 Å². The van der Waals surface area contributed by atoms with Crippen LogP contribution in [0.3, 0.4) is 0 Å². The average Bonchev–Trinajstić information content (AvgIpc) is 3.02. The molecule has 1 aromatic heterocycles. The first-order chi connectivity index (χ1) is 20.5. The minimum atomic E-state index is -0.494. The zero-order chi connectivity index (χ0) is 29.3. The van der Waals surface area contributed by atoms with Crippen molar-refractivity contribution in [2.45, 2.75) is 18.9 Å². The highest BCUT2D eigenvalue weighted by atomic mass is 16.5. The second-order valence-corrected chi connectivity index (χ2v) is 9.99. The number of anilines is 6. The largest absolute Gasteiger partial charge is 0.494 e. The number of hydrogen-bond donors (Lipinski definition) is 4. The average molecular weight is 573 g/mol. The van der Waals surface area contributed by atoms with Crippen LogP contribution in [0.2, 0.25) is 0 Å². The Bertz CT molecular complexity index is 1400. The van der Waals surface area contributed by atoms with Gasteiger partial charge in [-0.05, 0) is 55.3 Å². The number of hydrogen-bond acceptors (Lipinski definition) is 9. The Labute approximate surface area is 245 Å². The maximum Gasteiger partial charge on any atom is 0.324 e. The number of rotatable bonds is 9. The number of nitrogens with zero attached hydrogens (tertiary/aromatic N) is 4. The van der Waals surface area contributed by atoms with Gasteiger partial charge in [0.05, 0.1) is 26.0 Å². The number of urea groups is 1. The molecular weight excluding hydrogens is 536 g/mol. The summed E-state index contributed by atoms with van der Waals surface area (Å²) >= 11 is 0. The van der Waals surface area contributed by atoms with Crippen LogP contribution in [0.15, 0.2) is 67.4 Å². The summed E-state index contributed by atoms with van der Waals surface area (Å²) in [5.41, 5.74) is 2.85. The van der Waals surface area contributed by atoms with Gasteiger partial charge in [-0.15, -0.1) is 0 Å². The van der Waals surface area contributed by atoms with E-state index in [0.717, 1.165) is 57.9 Å². The minimum absolute atomic E-state index is 0.305. The molecule has 0 unspecified atom stereocenters. The van der Waals surface area contributed by atoms with Gasteiger partial charge in [-0.25, -0.2) is 9.78 Å². The molecule has 0 atom stereocenters. The molecule has 0 bridgehead atoms. The summed E-state index contributed by atoms with van der Waals surface area (Å²) in [7, 11) is 1.63. The van der Waals surface area contributed by atoms with Crippen LogP contribution in [0.1, 0.15) is 12.8 Å². The van der Waals surface area contributed by atoms with Gasteiger partial charge in [-0.1, -0.05) is 12.6 Å². The Morgan fingerprint density at radius 1 is 1.00 bits per heavy atom. The van der Waals surface area contributed by atoms with Crippen LogP contribution in [0.5, 0.6) is 5.75 Å². The van der Waals surface area contributed by atoms with Crippen molar-refractivity contribution in [3.8, 4) is 5.75 Å². The summed E-state index contributed by atoms with van der Waals surface area (Å²) in [4.78, 5) is 37.8. The molecule has 0 radical (unpaired) electrons. The van der Waals surface area contributed by atoms with E-state index in [4.69, 9.17) is 9.47 Å². The lowest BCUT2D eigenvalue weighted by molar-refractivity contribution is -0.111. The van der Waals surface area contributed by atoms with Gasteiger partial charge in [0.2, 0.25) is 11.9 Å². The second kappa shape index (κ2) is 13.8. The van der Waals surface area contributed by atoms with Gasteiger partial charge < -0.3 is 30.3 Å². The fourth-order valence-corrected chi connectivity index (χ4v) is 5.17. The molecular formula is C30H36N8O4. The Morgan fingerprint density at radius 2 is 1.76 bits per heavy atom. The third-order valence-electron chi connectivity index (χ3n) is 7.29.